The Balaban J connectivity index is 0.00000245. The number of anilines is 2. The highest BCUT2D eigenvalue weighted by molar-refractivity contribution is 5.97. The number of halogens is 1. The number of morpholine rings is 1. The second-order valence-electron chi connectivity index (χ2n) is 7.99. The van der Waals surface area contributed by atoms with E-state index in [4.69, 9.17) is 4.74 Å². The predicted molar refractivity (Wildman–Crippen MR) is 123 cm³/mol. The third kappa shape index (κ3) is 4.12. The number of hydrogen-bond donors (Lipinski definition) is 2. The molecule has 32 heavy (non-hydrogen) atoms. The monoisotopic (exact) mass is 453 g/mol. The van der Waals surface area contributed by atoms with Gasteiger partial charge < -0.3 is 20.3 Å². The summed E-state index contributed by atoms with van der Waals surface area (Å²) in [5.74, 6) is -0.195. The molecule has 10 heteroatoms. The number of carbonyl (C=O) groups excluding carboxylic acids is 1. The minimum absolute atomic E-state index is 0. The second-order valence-corrected chi connectivity index (χ2v) is 7.99. The number of rotatable bonds is 4. The molecule has 2 aromatic heterocycles. The molecular weight excluding hydrogens is 430 g/mol. The number of nitrogens with zero attached hydrogens (tertiary/aromatic N) is 5. The van der Waals surface area contributed by atoms with Crippen molar-refractivity contribution >= 4 is 40.6 Å². The molecule has 5 rings (SSSR count). The molecular formula is C22H24ClN7O2. The lowest BCUT2D eigenvalue weighted by atomic mass is 10.1. The first-order chi connectivity index (χ1) is 15.1. The Labute approximate surface area is 191 Å². The number of aromatic nitrogens is 3. The summed E-state index contributed by atoms with van der Waals surface area (Å²) in [6, 6.07) is 10.1. The number of nitriles is 1. The molecule has 2 aliphatic heterocycles. The summed E-state index contributed by atoms with van der Waals surface area (Å²) in [7, 11) is 0. The highest BCUT2D eigenvalue weighted by Crippen LogP contribution is 2.30. The summed E-state index contributed by atoms with van der Waals surface area (Å²) in [6.07, 6.45) is 4.45. The lowest BCUT2D eigenvalue weighted by molar-refractivity contribution is -0.131. The summed E-state index contributed by atoms with van der Waals surface area (Å²) in [5.41, 5.74) is 2.81. The molecule has 0 saturated carbocycles. The van der Waals surface area contributed by atoms with E-state index >= 15 is 0 Å². The molecule has 4 heterocycles. The van der Waals surface area contributed by atoms with Gasteiger partial charge in [0.05, 0.1) is 41.7 Å². The van der Waals surface area contributed by atoms with Crippen LogP contribution in [0.5, 0.6) is 0 Å². The molecule has 1 amide bonds. The molecule has 0 radical (unpaired) electrons. The summed E-state index contributed by atoms with van der Waals surface area (Å²) in [5, 5.41) is 20.8. The highest BCUT2D eigenvalue weighted by atomic mass is 35.5. The van der Waals surface area contributed by atoms with Crippen molar-refractivity contribution in [3.8, 4) is 6.07 Å². The number of pyridine rings is 1. The summed E-state index contributed by atoms with van der Waals surface area (Å²) >= 11 is 0. The van der Waals surface area contributed by atoms with E-state index in [9.17, 15) is 10.1 Å². The number of benzene rings is 1. The van der Waals surface area contributed by atoms with Crippen LogP contribution in [0.25, 0.3) is 10.9 Å². The van der Waals surface area contributed by atoms with E-state index in [1.807, 2.05) is 36.0 Å². The van der Waals surface area contributed by atoms with Crippen LogP contribution in [-0.4, -0.2) is 59.1 Å². The predicted octanol–water partition coefficient (Wildman–Crippen LogP) is 2.10. The van der Waals surface area contributed by atoms with Gasteiger partial charge in [-0.05, 0) is 31.2 Å². The molecule has 0 aliphatic carbocycles. The zero-order chi connectivity index (χ0) is 21.4. The average molecular weight is 454 g/mol. The summed E-state index contributed by atoms with van der Waals surface area (Å²) < 4.78 is 7.83. The number of amides is 1. The number of ether oxygens (including phenoxy) is 1. The minimum Gasteiger partial charge on any atom is -0.365 e. The molecule has 1 aromatic carbocycles. The van der Waals surface area contributed by atoms with Crippen LogP contribution >= 0.6 is 12.4 Å². The Morgan fingerprint density at radius 1 is 1.31 bits per heavy atom. The van der Waals surface area contributed by atoms with Gasteiger partial charge in [-0.15, -0.1) is 12.4 Å². The fourth-order valence-corrected chi connectivity index (χ4v) is 4.10. The van der Waals surface area contributed by atoms with Crippen molar-refractivity contribution in [2.45, 2.75) is 25.2 Å². The van der Waals surface area contributed by atoms with Gasteiger partial charge in [0.1, 0.15) is 6.07 Å². The Kier molecular flexibility index (Phi) is 6.28. The minimum atomic E-state index is -0.625. The lowest BCUT2D eigenvalue weighted by Gasteiger charge is -2.38. The molecule has 3 aromatic rings. The zero-order valence-electron chi connectivity index (χ0n) is 17.6. The quantitative estimate of drug-likeness (QED) is 0.622. The van der Waals surface area contributed by atoms with Gasteiger partial charge in [-0.1, -0.05) is 0 Å². The third-order valence-electron chi connectivity index (χ3n) is 5.76. The topological polar surface area (TPSA) is 108 Å². The van der Waals surface area contributed by atoms with E-state index in [0.29, 0.717) is 35.9 Å². The highest BCUT2D eigenvalue weighted by Gasteiger charge is 2.32. The van der Waals surface area contributed by atoms with E-state index in [1.54, 1.807) is 18.5 Å². The van der Waals surface area contributed by atoms with Crippen molar-refractivity contribution in [1.82, 2.24) is 20.1 Å². The molecule has 0 spiro atoms. The van der Waals surface area contributed by atoms with Crippen molar-refractivity contribution in [2.75, 3.05) is 36.4 Å². The van der Waals surface area contributed by atoms with Gasteiger partial charge in [-0.25, -0.2) is 0 Å². The van der Waals surface area contributed by atoms with Crippen LogP contribution in [0.3, 0.4) is 0 Å². The van der Waals surface area contributed by atoms with Crippen molar-refractivity contribution in [2.24, 2.45) is 0 Å². The van der Waals surface area contributed by atoms with Crippen LogP contribution < -0.4 is 15.5 Å². The number of hydrogen-bond acceptors (Lipinski definition) is 7. The fourth-order valence-electron chi connectivity index (χ4n) is 4.10. The smallest absolute Gasteiger partial charge is 0.255 e. The molecule has 0 bridgehead atoms. The number of nitrogens with one attached hydrogen (secondary N) is 2. The van der Waals surface area contributed by atoms with Crippen LogP contribution in [0.1, 0.15) is 18.5 Å². The Morgan fingerprint density at radius 3 is 2.91 bits per heavy atom. The van der Waals surface area contributed by atoms with E-state index in [0.717, 1.165) is 24.2 Å². The molecule has 2 N–H and O–H groups in total. The van der Waals surface area contributed by atoms with Gasteiger partial charge in [0.2, 0.25) is 0 Å². The Bertz CT molecular complexity index is 1170. The van der Waals surface area contributed by atoms with Crippen LogP contribution in [0, 0.1) is 11.3 Å². The summed E-state index contributed by atoms with van der Waals surface area (Å²) in [4.78, 5) is 19.5. The standard InChI is InChI=1S/C22H23N7O2.ClH/c1-14-11-28(19-5-4-15(7-23)21-18(19)3-2-6-25-21)13-20(31-14)22(30)27-16-8-26-29(12-16)17-9-24-10-17;/h2-6,8,12,14,17,20,24H,9-11,13H2,1H3,(H,27,30);1H/t14-,20-;/m1./s1. The Morgan fingerprint density at radius 2 is 2.16 bits per heavy atom. The van der Waals surface area contributed by atoms with E-state index in [-0.39, 0.29) is 24.4 Å². The van der Waals surface area contributed by atoms with Gasteiger partial charge in [-0.2, -0.15) is 10.4 Å². The SMILES string of the molecule is C[C@@H]1CN(c2ccc(C#N)c3ncccc23)C[C@H](C(=O)Nc2cnn(C3CNC3)c2)O1.Cl. The summed E-state index contributed by atoms with van der Waals surface area (Å²) in [6.45, 7) is 4.79. The van der Waals surface area contributed by atoms with E-state index in [1.165, 1.54) is 0 Å². The van der Waals surface area contributed by atoms with Crippen LogP contribution in [0.2, 0.25) is 0 Å². The van der Waals surface area contributed by atoms with Gasteiger partial charge in [0, 0.05) is 43.1 Å². The number of carbonyl (C=O) groups is 1. The van der Waals surface area contributed by atoms with Crippen LogP contribution in [-0.2, 0) is 9.53 Å². The molecule has 2 atom stereocenters. The maximum Gasteiger partial charge on any atom is 0.255 e. The second kappa shape index (κ2) is 9.12. The van der Waals surface area contributed by atoms with E-state index < -0.39 is 6.10 Å². The van der Waals surface area contributed by atoms with Gasteiger partial charge in [0.25, 0.3) is 5.91 Å². The van der Waals surface area contributed by atoms with Gasteiger partial charge in [-0.3, -0.25) is 14.5 Å². The first-order valence-corrected chi connectivity index (χ1v) is 10.4. The molecule has 2 saturated heterocycles. The molecule has 2 aliphatic rings. The van der Waals surface area contributed by atoms with Crippen LogP contribution in [0.15, 0.2) is 42.9 Å². The van der Waals surface area contributed by atoms with Crippen LogP contribution in [0.4, 0.5) is 11.4 Å². The maximum atomic E-state index is 12.9. The first-order valence-electron chi connectivity index (χ1n) is 10.4. The Hall–Kier alpha value is -3.19. The van der Waals surface area contributed by atoms with Crippen molar-refractivity contribution in [3.63, 3.8) is 0 Å². The maximum absolute atomic E-state index is 12.9. The molecule has 9 nitrogen and oxygen atoms in total. The van der Waals surface area contributed by atoms with Crippen molar-refractivity contribution in [3.05, 3.63) is 48.4 Å². The average Bonchev–Trinajstić information content (AvgIpc) is 3.18. The lowest BCUT2D eigenvalue weighted by Crippen LogP contribution is -2.51. The fraction of sp³-hybridized carbons (Fsp3) is 0.364. The van der Waals surface area contributed by atoms with E-state index in [2.05, 4.69) is 31.7 Å². The van der Waals surface area contributed by atoms with Gasteiger partial charge in [0.15, 0.2) is 6.10 Å². The van der Waals surface area contributed by atoms with Crippen molar-refractivity contribution < 1.29 is 9.53 Å². The normalized spacial score (nSPS) is 20.8. The van der Waals surface area contributed by atoms with Crippen molar-refractivity contribution in [1.29, 1.82) is 5.26 Å². The van der Waals surface area contributed by atoms with Gasteiger partial charge >= 0.3 is 0 Å². The molecule has 2 fully saturated rings. The first kappa shape index (κ1) is 22.0. The molecule has 166 valence electrons. The third-order valence-corrected chi connectivity index (χ3v) is 5.76. The molecule has 0 unspecified atom stereocenters. The number of fused-ring (bicyclic) bond motifs is 1. The largest absolute Gasteiger partial charge is 0.365 e. The zero-order valence-corrected chi connectivity index (χ0v) is 18.4.